The zero-order chi connectivity index (χ0) is 14.7. The molecule has 7 nitrogen and oxygen atoms in total. The molecular weight excluding hydrogens is 264 g/mol. The first-order valence-electron chi connectivity index (χ1n) is 5.80. The number of aliphatic carboxylic acids is 1. The van der Waals surface area contributed by atoms with Crippen molar-refractivity contribution in [2.75, 3.05) is 5.32 Å². The predicted octanol–water partition coefficient (Wildman–Crippen LogP) is 1.39. The molecule has 3 N–H and O–H groups in total. The van der Waals surface area contributed by atoms with Crippen molar-refractivity contribution in [2.24, 2.45) is 0 Å². The fourth-order valence-electron chi connectivity index (χ4n) is 1.58. The number of nitrogens with one attached hydrogen (secondary N) is 2. The van der Waals surface area contributed by atoms with Gasteiger partial charge in [0.15, 0.2) is 0 Å². The minimum absolute atomic E-state index is 0.405. The van der Waals surface area contributed by atoms with Crippen LogP contribution in [0, 0.1) is 0 Å². The Hall–Kier alpha value is -2.83. The quantitative estimate of drug-likeness (QED) is 0.734. The second-order valence-electron chi connectivity index (χ2n) is 4.17. The summed E-state index contributed by atoms with van der Waals surface area (Å²) in [6, 6.07) is 5.94. The smallest absolute Gasteiger partial charge is 0.336 e. The van der Waals surface area contributed by atoms with Gasteiger partial charge in [0.05, 0.1) is 0 Å². The maximum absolute atomic E-state index is 11.6. The number of hydrogen-bond acceptors (Lipinski definition) is 4. The van der Waals surface area contributed by atoms with Crippen molar-refractivity contribution in [3.05, 3.63) is 40.8 Å². The topological polar surface area (TPSA) is 109 Å². The van der Waals surface area contributed by atoms with E-state index in [-0.39, 0.29) is 0 Å². The highest BCUT2D eigenvalue weighted by atomic mass is 16.4. The van der Waals surface area contributed by atoms with Crippen LogP contribution in [0.5, 0.6) is 0 Å². The molecule has 2 aromatic rings. The molecule has 0 fully saturated rings. The third-order valence-corrected chi connectivity index (χ3v) is 2.60. The molecule has 1 aromatic carbocycles. The fourth-order valence-corrected chi connectivity index (χ4v) is 1.58. The van der Waals surface area contributed by atoms with Gasteiger partial charge in [0.25, 0.3) is 0 Å². The van der Waals surface area contributed by atoms with Crippen LogP contribution in [0.15, 0.2) is 39.5 Å². The Morgan fingerprint density at radius 2 is 2.00 bits per heavy atom. The van der Waals surface area contributed by atoms with Crippen LogP contribution in [0.2, 0.25) is 0 Å². The SMILES string of the molecule is CC(NC(=O)Nc1ccc2oc(=O)ccc2c1)C(=O)O. The lowest BCUT2D eigenvalue weighted by atomic mass is 10.2. The minimum atomic E-state index is -1.12. The van der Waals surface area contributed by atoms with Gasteiger partial charge in [-0.3, -0.25) is 4.79 Å². The molecule has 2 amide bonds. The Balaban J connectivity index is 2.14. The van der Waals surface area contributed by atoms with E-state index < -0.39 is 23.7 Å². The molecule has 104 valence electrons. The van der Waals surface area contributed by atoms with E-state index in [1.807, 2.05) is 0 Å². The van der Waals surface area contributed by atoms with E-state index in [1.165, 1.54) is 13.0 Å². The first-order chi connectivity index (χ1) is 9.45. The zero-order valence-corrected chi connectivity index (χ0v) is 10.5. The number of carbonyl (C=O) groups is 2. The van der Waals surface area contributed by atoms with Crippen molar-refractivity contribution in [3.63, 3.8) is 0 Å². The molecule has 0 aliphatic heterocycles. The Kier molecular flexibility index (Phi) is 3.69. The minimum Gasteiger partial charge on any atom is -0.480 e. The van der Waals surface area contributed by atoms with E-state index in [4.69, 9.17) is 9.52 Å². The molecule has 1 heterocycles. The van der Waals surface area contributed by atoms with Crippen molar-refractivity contribution >= 4 is 28.7 Å². The van der Waals surface area contributed by atoms with Gasteiger partial charge < -0.3 is 20.2 Å². The number of hydrogen-bond donors (Lipinski definition) is 3. The molecule has 1 atom stereocenters. The van der Waals surface area contributed by atoms with Gasteiger partial charge in [-0.2, -0.15) is 0 Å². The molecule has 20 heavy (non-hydrogen) atoms. The molecule has 0 bridgehead atoms. The number of anilines is 1. The average molecular weight is 276 g/mol. The van der Waals surface area contributed by atoms with Crippen LogP contribution in [0.4, 0.5) is 10.5 Å². The summed E-state index contributed by atoms with van der Waals surface area (Å²) in [5.74, 6) is -1.12. The van der Waals surface area contributed by atoms with Crippen LogP contribution in [-0.4, -0.2) is 23.1 Å². The van der Waals surface area contributed by atoms with Crippen molar-refractivity contribution in [3.8, 4) is 0 Å². The molecule has 7 heteroatoms. The van der Waals surface area contributed by atoms with Crippen LogP contribution >= 0.6 is 0 Å². The maximum Gasteiger partial charge on any atom is 0.336 e. The van der Waals surface area contributed by atoms with Gasteiger partial charge in [0.1, 0.15) is 11.6 Å². The molecule has 0 aliphatic rings. The molecule has 0 radical (unpaired) electrons. The number of amides is 2. The normalized spacial score (nSPS) is 11.8. The van der Waals surface area contributed by atoms with Gasteiger partial charge in [-0.15, -0.1) is 0 Å². The van der Waals surface area contributed by atoms with Gasteiger partial charge in [0.2, 0.25) is 0 Å². The molecule has 1 aromatic heterocycles. The second kappa shape index (κ2) is 5.43. The Morgan fingerprint density at radius 3 is 2.70 bits per heavy atom. The Morgan fingerprint density at radius 1 is 1.25 bits per heavy atom. The Bertz CT molecular complexity index is 722. The highest BCUT2D eigenvalue weighted by Gasteiger charge is 2.13. The zero-order valence-electron chi connectivity index (χ0n) is 10.5. The van der Waals surface area contributed by atoms with Crippen molar-refractivity contribution in [1.29, 1.82) is 0 Å². The van der Waals surface area contributed by atoms with Gasteiger partial charge >= 0.3 is 17.6 Å². The summed E-state index contributed by atoms with van der Waals surface area (Å²) in [4.78, 5) is 33.2. The summed E-state index contributed by atoms with van der Waals surface area (Å²) in [6.07, 6.45) is 0. The van der Waals surface area contributed by atoms with E-state index in [0.717, 1.165) is 0 Å². The first-order valence-corrected chi connectivity index (χ1v) is 5.80. The molecular formula is C13H12N2O5. The largest absolute Gasteiger partial charge is 0.480 e. The molecule has 0 saturated heterocycles. The van der Waals surface area contributed by atoms with E-state index in [2.05, 4.69) is 10.6 Å². The highest BCUT2D eigenvalue weighted by Crippen LogP contribution is 2.17. The molecule has 1 unspecified atom stereocenters. The number of rotatable bonds is 3. The number of carboxylic acids is 1. The summed E-state index contributed by atoms with van der Waals surface area (Å²) in [5.41, 5.74) is 0.412. The van der Waals surface area contributed by atoms with Crippen molar-refractivity contribution in [2.45, 2.75) is 13.0 Å². The number of urea groups is 1. The monoisotopic (exact) mass is 276 g/mol. The van der Waals surface area contributed by atoms with Crippen LogP contribution < -0.4 is 16.3 Å². The lowest BCUT2D eigenvalue weighted by Gasteiger charge is -2.10. The van der Waals surface area contributed by atoms with Crippen molar-refractivity contribution < 1.29 is 19.1 Å². The lowest BCUT2D eigenvalue weighted by molar-refractivity contribution is -0.138. The maximum atomic E-state index is 11.6. The highest BCUT2D eigenvalue weighted by molar-refractivity contribution is 5.94. The van der Waals surface area contributed by atoms with E-state index in [0.29, 0.717) is 16.7 Å². The van der Waals surface area contributed by atoms with Gasteiger partial charge in [-0.25, -0.2) is 9.59 Å². The van der Waals surface area contributed by atoms with Gasteiger partial charge in [-0.05, 0) is 31.2 Å². The summed E-state index contributed by atoms with van der Waals surface area (Å²) < 4.78 is 4.96. The fraction of sp³-hybridized carbons (Fsp3) is 0.154. The van der Waals surface area contributed by atoms with Crippen LogP contribution in [0.3, 0.4) is 0 Å². The Labute approximate surface area is 113 Å². The summed E-state index contributed by atoms with van der Waals surface area (Å²) >= 11 is 0. The number of carbonyl (C=O) groups excluding carboxylic acids is 1. The summed E-state index contributed by atoms with van der Waals surface area (Å²) in [7, 11) is 0. The van der Waals surface area contributed by atoms with E-state index >= 15 is 0 Å². The lowest BCUT2D eigenvalue weighted by Crippen LogP contribution is -2.40. The number of fused-ring (bicyclic) bond motifs is 1. The first kappa shape index (κ1) is 13.6. The molecule has 0 spiro atoms. The summed E-state index contributed by atoms with van der Waals surface area (Å²) in [6.45, 7) is 1.36. The van der Waals surface area contributed by atoms with Crippen LogP contribution in [0.25, 0.3) is 11.0 Å². The van der Waals surface area contributed by atoms with E-state index in [1.54, 1.807) is 24.3 Å². The number of carboxylic acid groups (broad SMARTS) is 1. The third-order valence-electron chi connectivity index (χ3n) is 2.60. The van der Waals surface area contributed by atoms with Gasteiger partial charge in [0, 0.05) is 17.1 Å². The van der Waals surface area contributed by atoms with Crippen LogP contribution in [0.1, 0.15) is 6.92 Å². The van der Waals surface area contributed by atoms with Gasteiger partial charge in [-0.1, -0.05) is 0 Å². The standard InChI is InChI=1S/C13H12N2O5/c1-7(12(17)18)14-13(19)15-9-3-4-10-8(6-9)2-5-11(16)20-10/h2-7H,1H3,(H,17,18)(H2,14,15,19). The van der Waals surface area contributed by atoms with Crippen LogP contribution in [-0.2, 0) is 4.79 Å². The third kappa shape index (κ3) is 3.14. The molecule has 2 rings (SSSR count). The average Bonchev–Trinajstić information content (AvgIpc) is 2.38. The molecule has 0 aliphatic carbocycles. The summed E-state index contributed by atoms with van der Waals surface area (Å²) in [5, 5.41) is 14.1. The predicted molar refractivity (Wildman–Crippen MR) is 71.7 cm³/mol. The van der Waals surface area contributed by atoms with Crippen molar-refractivity contribution in [1.82, 2.24) is 5.32 Å². The second-order valence-corrected chi connectivity index (χ2v) is 4.17. The molecule has 0 saturated carbocycles. The number of benzene rings is 1. The van der Waals surface area contributed by atoms with E-state index in [9.17, 15) is 14.4 Å².